The van der Waals surface area contributed by atoms with Crippen LogP contribution in [0, 0.1) is 0 Å². The van der Waals surface area contributed by atoms with Gasteiger partial charge in [-0.3, -0.25) is 4.79 Å². The van der Waals surface area contributed by atoms with Crippen molar-refractivity contribution in [3.8, 4) is 0 Å². The summed E-state index contributed by atoms with van der Waals surface area (Å²) in [6, 6.07) is -2.14. The minimum atomic E-state index is -1.36. The summed E-state index contributed by atoms with van der Waals surface area (Å²) in [5, 5.41) is 21.3. The molecule has 4 N–H and O–H groups in total. The molecule has 0 spiro atoms. The third kappa shape index (κ3) is 5.81. The molecule has 0 heterocycles. The van der Waals surface area contributed by atoms with Crippen LogP contribution in [0.15, 0.2) is 0 Å². The SMILES string of the molecule is COC(=O)CCNC(=O)N[C@H](CO)C(=O)O. The number of hydrogen-bond acceptors (Lipinski definition) is 5. The van der Waals surface area contributed by atoms with E-state index in [0.29, 0.717) is 0 Å². The average molecular weight is 234 g/mol. The number of ether oxygens (including phenoxy) is 1. The number of urea groups is 1. The molecule has 0 unspecified atom stereocenters. The Balaban J connectivity index is 3.81. The highest BCUT2D eigenvalue weighted by atomic mass is 16.5. The first kappa shape index (κ1) is 14.2. The fourth-order valence-electron chi connectivity index (χ4n) is 0.775. The molecule has 8 heteroatoms. The predicted molar refractivity (Wildman–Crippen MR) is 51.7 cm³/mol. The zero-order chi connectivity index (χ0) is 12.6. The Morgan fingerprint density at radius 2 is 2.00 bits per heavy atom. The number of rotatable bonds is 6. The topological polar surface area (TPSA) is 125 Å². The molecule has 0 fully saturated rings. The molecule has 0 aromatic heterocycles. The Morgan fingerprint density at radius 3 is 2.44 bits per heavy atom. The van der Waals surface area contributed by atoms with Crippen molar-refractivity contribution in [2.45, 2.75) is 12.5 Å². The summed E-state index contributed by atoms with van der Waals surface area (Å²) >= 11 is 0. The number of aliphatic hydroxyl groups excluding tert-OH is 1. The van der Waals surface area contributed by atoms with Gasteiger partial charge in [0, 0.05) is 6.54 Å². The zero-order valence-corrected chi connectivity index (χ0v) is 8.73. The molecular weight excluding hydrogens is 220 g/mol. The van der Waals surface area contributed by atoms with Crippen LogP contribution >= 0.6 is 0 Å². The monoisotopic (exact) mass is 234 g/mol. The molecule has 0 radical (unpaired) electrons. The molecule has 1 atom stereocenters. The van der Waals surface area contributed by atoms with Crippen LogP contribution in [0.25, 0.3) is 0 Å². The molecule has 0 saturated carbocycles. The van der Waals surface area contributed by atoms with Gasteiger partial charge in [-0.05, 0) is 0 Å². The number of aliphatic carboxylic acids is 1. The zero-order valence-electron chi connectivity index (χ0n) is 8.73. The smallest absolute Gasteiger partial charge is 0.328 e. The first-order chi connectivity index (χ1) is 7.51. The van der Waals surface area contributed by atoms with Crippen molar-refractivity contribution in [1.82, 2.24) is 10.6 Å². The summed E-state index contributed by atoms with van der Waals surface area (Å²) in [6.07, 6.45) is -0.0131. The summed E-state index contributed by atoms with van der Waals surface area (Å²) in [4.78, 5) is 32.1. The normalized spacial score (nSPS) is 11.4. The molecule has 92 valence electrons. The van der Waals surface area contributed by atoms with Crippen LogP contribution in [0.1, 0.15) is 6.42 Å². The molecule has 0 aliphatic rings. The second-order valence-electron chi connectivity index (χ2n) is 2.80. The molecule has 0 bridgehead atoms. The third-order valence-corrected chi connectivity index (χ3v) is 1.63. The van der Waals surface area contributed by atoms with Crippen molar-refractivity contribution in [1.29, 1.82) is 0 Å². The second-order valence-corrected chi connectivity index (χ2v) is 2.80. The number of amides is 2. The van der Waals surface area contributed by atoms with Crippen LogP contribution in [-0.4, -0.2) is 54.5 Å². The van der Waals surface area contributed by atoms with Crippen LogP contribution in [0.5, 0.6) is 0 Å². The summed E-state index contributed by atoms with van der Waals surface area (Å²) in [5.41, 5.74) is 0. The molecule has 16 heavy (non-hydrogen) atoms. The highest BCUT2D eigenvalue weighted by molar-refractivity contribution is 5.82. The van der Waals surface area contributed by atoms with Crippen molar-refractivity contribution in [2.75, 3.05) is 20.3 Å². The molecule has 8 nitrogen and oxygen atoms in total. The maximum atomic E-state index is 11.0. The average Bonchev–Trinajstić information content (AvgIpc) is 2.25. The summed E-state index contributed by atoms with van der Waals surface area (Å²) in [5.74, 6) is -1.83. The minimum absolute atomic E-state index is 0.0131. The van der Waals surface area contributed by atoms with E-state index in [9.17, 15) is 14.4 Å². The van der Waals surface area contributed by atoms with E-state index in [1.807, 2.05) is 5.32 Å². The van der Waals surface area contributed by atoms with E-state index in [-0.39, 0.29) is 13.0 Å². The highest BCUT2D eigenvalue weighted by Gasteiger charge is 2.18. The number of esters is 1. The molecule has 2 amide bonds. The first-order valence-electron chi connectivity index (χ1n) is 4.46. The number of aliphatic hydroxyl groups is 1. The van der Waals surface area contributed by atoms with Crippen LogP contribution in [0.3, 0.4) is 0 Å². The molecular formula is C8H14N2O6. The Kier molecular flexibility index (Phi) is 6.61. The standard InChI is InChI=1S/C8H14N2O6/c1-16-6(12)2-3-9-8(15)10-5(4-11)7(13)14/h5,11H,2-4H2,1H3,(H,13,14)(H2,9,10,15)/t5-/m1/s1. The van der Waals surface area contributed by atoms with E-state index in [0.717, 1.165) is 0 Å². The number of carbonyl (C=O) groups is 3. The lowest BCUT2D eigenvalue weighted by Gasteiger charge is -2.12. The van der Waals surface area contributed by atoms with E-state index in [2.05, 4.69) is 10.1 Å². The van der Waals surface area contributed by atoms with Gasteiger partial charge in [-0.2, -0.15) is 0 Å². The van der Waals surface area contributed by atoms with Gasteiger partial charge in [-0.1, -0.05) is 0 Å². The fraction of sp³-hybridized carbons (Fsp3) is 0.625. The van der Waals surface area contributed by atoms with Gasteiger partial charge in [0.25, 0.3) is 0 Å². The van der Waals surface area contributed by atoms with Gasteiger partial charge in [0.05, 0.1) is 20.1 Å². The quantitative estimate of drug-likeness (QED) is 0.406. The van der Waals surface area contributed by atoms with E-state index < -0.39 is 30.6 Å². The van der Waals surface area contributed by atoms with E-state index in [4.69, 9.17) is 10.2 Å². The molecule has 0 aliphatic carbocycles. The number of carboxylic acid groups (broad SMARTS) is 1. The van der Waals surface area contributed by atoms with Crippen molar-refractivity contribution in [2.24, 2.45) is 0 Å². The third-order valence-electron chi connectivity index (χ3n) is 1.63. The molecule has 0 saturated heterocycles. The lowest BCUT2D eigenvalue weighted by molar-refractivity contribution is -0.141. The lowest BCUT2D eigenvalue weighted by atomic mass is 10.3. The number of carbonyl (C=O) groups excluding carboxylic acids is 2. The van der Waals surface area contributed by atoms with Gasteiger partial charge in [-0.15, -0.1) is 0 Å². The predicted octanol–water partition coefficient (Wildman–Crippen LogP) is -1.71. The maximum absolute atomic E-state index is 11.0. The van der Waals surface area contributed by atoms with Gasteiger partial charge in [0.2, 0.25) is 0 Å². The Labute approximate surface area is 91.6 Å². The summed E-state index contributed by atoms with van der Waals surface area (Å²) < 4.78 is 4.33. The van der Waals surface area contributed by atoms with Crippen LogP contribution < -0.4 is 10.6 Å². The molecule has 0 aromatic rings. The number of nitrogens with one attached hydrogen (secondary N) is 2. The highest BCUT2D eigenvalue weighted by Crippen LogP contribution is 1.84. The van der Waals surface area contributed by atoms with Crippen molar-refractivity contribution in [3.05, 3.63) is 0 Å². The summed E-state index contributed by atoms with van der Waals surface area (Å²) in [6.45, 7) is -0.684. The van der Waals surface area contributed by atoms with Crippen molar-refractivity contribution < 1.29 is 29.3 Å². The maximum Gasteiger partial charge on any atom is 0.328 e. The molecule has 0 aromatic carbocycles. The van der Waals surface area contributed by atoms with Gasteiger partial charge < -0.3 is 25.6 Å². The van der Waals surface area contributed by atoms with Gasteiger partial charge in [0.1, 0.15) is 0 Å². The van der Waals surface area contributed by atoms with Gasteiger partial charge >= 0.3 is 18.0 Å². The largest absolute Gasteiger partial charge is 0.480 e. The molecule has 0 rings (SSSR count). The van der Waals surface area contributed by atoms with Crippen LogP contribution in [-0.2, 0) is 14.3 Å². The van der Waals surface area contributed by atoms with Crippen molar-refractivity contribution in [3.63, 3.8) is 0 Å². The van der Waals surface area contributed by atoms with Crippen LogP contribution in [0.2, 0.25) is 0 Å². The number of methoxy groups -OCH3 is 1. The summed E-state index contributed by atoms with van der Waals surface area (Å²) in [7, 11) is 1.22. The first-order valence-corrected chi connectivity index (χ1v) is 4.46. The Morgan fingerprint density at radius 1 is 1.38 bits per heavy atom. The number of carboxylic acids is 1. The Bertz CT molecular complexity index is 267. The second kappa shape index (κ2) is 7.46. The lowest BCUT2D eigenvalue weighted by Crippen LogP contribution is -2.48. The van der Waals surface area contributed by atoms with Gasteiger partial charge in [0.15, 0.2) is 6.04 Å². The Hall–Kier alpha value is -1.83. The van der Waals surface area contributed by atoms with Gasteiger partial charge in [-0.25, -0.2) is 9.59 Å². The van der Waals surface area contributed by atoms with E-state index in [1.165, 1.54) is 7.11 Å². The van der Waals surface area contributed by atoms with E-state index in [1.54, 1.807) is 0 Å². The minimum Gasteiger partial charge on any atom is -0.480 e. The number of hydrogen-bond donors (Lipinski definition) is 4. The fourth-order valence-corrected chi connectivity index (χ4v) is 0.775. The van der Waals surface area contributed by atoms with Crippen LogP contribution in [0.4, 0.5) is 4.79 Å². The van der Waals surface area contributed by atoms with Crippen molar-refractivity contribution >= 4 is 18.0 Å². The van der Waals surface area contributed by atoms with E-state index >= 15 is 0 Å². The molecule has 0 aliphatic heterocycles.